The van der Waals surface area contributed by atoms with Gasteiger partial charge in [0.1, 0.15) is 5.75 Å². The summed E-state index contributed by atoms with van der Waals surface area (Å²) in [4.78, 5) is 29.8. The Morgan fingerprint density at radius 3 is 2.81 bits per heavy atom. The summed E-state index contributed by atoms with van der Waals surface area (Å²) in [5.74, 6) is 0.538. The fourth-order valence-corrected chi connectivity index (χ4v) is 3.34. The smallest absolute Gasteiger partial charge is 0.256 e. The molecule has 2 aromatic carbocycles. The first-order valence-corrected chi connectivity index (χ1v) is 8.92. The van der Waals surface area contributed by atoms with Gasteiger partial charge >= 0.3 is 0 Å². The molecule has 0 radical (unpaired) electrons. The normalized spacial score (nSPS) is 14.0. The van der Waals surface area contributed by atoms with Gasteiger partial charge in [0.15, 0.2) is 0 Å². The first-order valence-electron chi connectivity index (χ1n) is 8.92. The molecule has 138 valence electrons. The first kappa shape index (κ1) is 17.1. The van der Waals surface area contributed by atoms with Crippen molar-refractivity contribution < 1.29 is 14.3 Å². The number of likely N-dealkylation sites (tertiary alicyclic amines) is 1. The van der Waals surface area contributed by atoms with E-state index in [1.54, 1.807) is 18.2 Å². The number of carbonyl (C=O) groups is 2. The van der Waals surface area contributed by atoms with Gasteiger partial charge in [-0.05, 0) is 23.8 Å². The van der Waals surface area contributed by atoms with Gasteiger partial charge in [0.2, 0.25) is 5.91 Å². The van der Waals surface area contributed by atoms with Crippen molar-refractivity contribution in [2.45, 2.75) is 6.54 Å². The van der Waals surface area contributed by atoms with Crippen LogP contribution in [0.5, 0.6) is 5.75 Å². The maximum Gasteiger partial charge on any atom is 0.256 e. The van der Waals surface area contributed by atoms with Gasteiger partial charge < -0.3 is 19.9 Å². The van der Waals surface area contributed by atoms with Gasteiger partial charge in [0.25, 0.3) is 5.91 Å². The van der Waals surface area contributed by atoms with Crippen LogP contribution in [0.15, 0.2) is 54.7 Å². The summed E-state index contributed by atoms with van der Waals surface area (Å²) in [5.41, 5.74) is 2.57. The van der Waals surface area contributed by atoms with Gasteiger partial charge in [-0.1, -0.05) is 30.3 Å². The number of carbonyl (C=O) groups excluding carboxylic acids is 2. The zero-order chi connectivity index (χ0) is 18.8. The number of nitrogens with one attached hydrogen (secondary N) is 2. The lowest BCUT2D eigenvalue weighted by molar-refractivity contribution is -0.129. The van der Waals surface area contributed by atoms with E-state index in [1.807, 2.05) is 48.5 Å². The largest absolute Gasteiger partial charge is 0.497 e. The summed E-state index contributed by atoms with van der Waals surface area (Å²) in [6, 6.07) is 15.3. The monoisotopic (exact) mass is 363 g/mol. The Balaban J connectivity index is 1.32. The lowest BCUT2D eigenvalue weighted by atomic mass is 9.97. The molecule has 6 nitrogen and oxygen atoms in total. The quantitative estimate of drug-likeness (QED) is 0.732. The Morgan fingerprint density at radius 1 is 1.19 bits per heavy atom. The molecule has 3 aromatic rings. The van der Waals surface area contributed by atoms with Gasteiger partial charge in [-0.15, -0.1) is 0 Å². The van der Waals surface area contributed by atoms with Crippen LogP contribution < -0.4 is 10.1 Å². The summed E-state index contributed by atoms with van der Waals surface area (Å²) in [7, 11) is 1.62. The Kier molecular flexibility index (Phi) is 4.54. The molecule has 1 aliphatic heterocycles. The molecule has 0 bridgehead atoms. The molecule has 1 saturated heterocycles. The second kappa shape index (κ2) is 7.15. The number of para-hydroxylation sites is 1. The highest BCUT2D eigenvalue weighted by atomic mass is 16.5. The van der Waals surface area contributed by atoms with Gasteiger partial charge in [-0.2, -0.15) is 0 Å². The number of aromatic nitrogens is 1. The minimum absolute atomic E-state index is 0.0270. The standard InChI is InChI=1S/C21H21N3O3/c1-27-16-6-4-5-14(9-16)10-23-20(25)15-12-24(13-15)21(26)18-11-22-19-8-3-2-7-17(18)19/h2-9,11,15,22H,10,12-13H2,1H3,(H,23,25). The summed E-state index contributed by atoms with van der Waals surface area (Å²) in [6.45, 7) is 1.34. The van der Waals surface area contributed by atoms with E-state index in [0.29, 0.717) is 25.2 Å². The molecular weight excluding hydrogens is 342 g/mol. The average molecular weight is 363 g/mol. The van der Waals surface area contributed by atoms with Crippen molar-refractivity contribution in [3.8, 4) is 5.75 Å². The van der Waals surface area contributed by atoms with Gasteiger partial charge in [-0.25, -0.2) is 0 Å². The second-order valence-corrected chi connectivity index (χ2v) is 6.72. The van der Waals surface area contributed by atoms with Crippen molar-refractivity contribution >= 4 is 22.7 Å². The van der Waals surface area contributed by atoms with Gasteiger partial charge in [-0.3, -0.25) is 9.59 Å². The van der Waals surface area contributed by atoms with E-state index in [9.17, 15) is 9.59 Å². The Hall–Kier alpha value is -3.28. The zero-order valence-electron chi connectivity index (χ0n) is 15.1. The van der Waals surface area contributed by atoms with Crippen LogP contribution in [0.4, 0.5) is 0 Å². The van der Waals surface area contributed by atoms with Crippen molar-refractivity contribution in [2.24, 2.45) is 5.92 Å². The van der Waals surface area contributed by atoms with E-state index in [2.05, 4.69) is 10.3 Å². The van der Waals surface area contributed by atoms with Gasteiger partial charge in [0.05, 0.1) is 18.6 Å². The lowest BCUT2D eigenvalue weighted by Gasteiger charge is -2.38. The number of H-pyrrole nitrogens is 1. The fourth-order valence-electron chi connectivity index (χ4n) is 3.34. The number of aromatic amines is 1. The topological polar surface area (TPSA) is 74.4 Å². The van der Waals surface area contributed by atoms with Crippen LogP contribution in [0.25, 0.3) is 10.9 Å². The number of fused-ring (bicyclic) bond motifs is 1. The molecule has 2 amide bonds. The van der Waals surface area contributed by atoms with Crippen molar-refractivity contribution in [2.75, 3.05) is 20.2 Å². The van der Waals surface area contributed by atoms with Crippen molar-refractivity contribution in [1.29, 1.82) is 0 Å². The van der Waals surface area contributed by atoms with Gasteiger partial charge in [0, 0.05) is 36.7 Å². The molecule has 27 heavy (non-hydrogen) atoms. The van der Waals surface area contributed by atoms with Crippen LogP contribution in [-0.4, -0.2) is 41.9 Å². The van der Waals surface area contributed by atoms with Crippen molar-refractivity contribution in [1.82, 2.24) is 15.2 Å². The van der Waals surface area contributed by atoms with E-state index in [-0.39, 0.29) is 17.7 Å². The predicted molar refractivity (Wildman–Crippen MR) is 103 cm³/mol. The molecule has 1 aliphatic rings. The van der Waals surface area contributed by atoms with E-state index >= 15 is 0 Å². The van der Waals surface area contributed by atoms with Crippen molar-refractivity contribution in [3.05, 3.63) is 65.9 Å². The molecule has 6 heteroatoms. The third-order valence-corrected chi connectivity index (χ3v) is 4.96. The third kappa shape index (κ3) is 3.38. The van der Waals surface area contributed by atoms with E-state index in [0.717, 1.165) is 22.2 Å². The number of amides is 2. The lowest BCUT2D eigenvalue weighted by Crippen LogP contribution is -2.55. The molecule has 1 fully saturated rings. The van der Waals surface area contributed by atoms with Crippen LogP contribution in [-0.2, 0) is 11.3 Å². The molecule has 0 saturated carbocycles. The molecule has 4 rings (SSSR count). The van der Waals surface area contributed by atoms with E-state index in [4.69, 9.17) is 4.74 Å². The highest BCUT2D eigenvalue weighted by molar-refractivity contribution is 6.07. The summed E-state index contributed by atoms with van der Waals surface area (Å²) in [6.07, 6.45) is 1.74. The van der Waals surface area contributed by atoms with Crippen LogP contribution in [0.3, 0.4) is 0 Å². The van der Waals surface area contributed by atoms with Crippen LogP contribution in [0, 0.1) is 5.92 Å². The number of hydrogen-bond donors (Lipinski definition) is 2. The molecule has 1 aromatic heterocycles. The number of benzene rings is 2. The minimum atomic E-state index is -0.162. The number of methoxy groups -OCH3 is 1. The zero-order valence-corrected chi connectivity index (χ0v) is 15.1. The predicted octanol–water partition coefficient (Wildman–Crippen LogP) is 2.56. The molecule has 2 heterocycles. The van der Waals surface area contributed by atoms with Crippen LogP contribution >= 0.6 is 0 Å². The SMILES string of the molecule is COc1cccc(CNC(=O)C2CN(C(=O)c3c[nH]c4ccccc34)C2)c1. The maximum atomic E-state index is 12.7. The average Bonchev–Trinajstić information content (AvgIpc) is 3.09. The van der Waals surface area contributed by atoms with E-state index < -0.39 is 0 Å². The Morgan fingerprint density at radius 2 is 2.00 bits per heavy atom. The number of ether oxygens (including phenoxy) is 1. The van der Waals surface area contributed by atoms with E-state index in [1.165, 1.54) is 0 Å². The summed E-state index contributed by atoms with van der Waals surface area (Å²) < 4.78 is 5.19. The highest BCUT2D eigenvalue weighted by Gasteiger charge is 2.36. The molecule has 0 atom stereocenters. The Labute approximate surface area is 157 Å². The molecule has 0 unspecified atom stereocenters. The van der Waals surface area contributed by atoms with Crippen molar-refractivity contribution in [3.63, 3.8) is 0 Å². The van der Waals surface area contributed by atoms with Crippen LogP contribution in [0.2, 0.25) is 0 Å². The summed E-state index contributed by atoms with van der Waals surface area (Å²) in [5, 5.41) is 3.85. The summed E-state index contributed by atoms with van der Waals surface area (Å²) >= 11 is 0. The minimum Gasteiger partial charge on any atom is -0.497 e. The fraction of sp³-hybridized carbons (Fsp3) is 0.238. The highest BCUT2D eigenvalue weighted by Crippen LogP contribution is 2.24. The number of nitrogens with zero attached hydrogens (tertiary/aromatic N) is 1. The molecule has 2 N–H and O–H groups in total. The Bertz CT molecular complexity index is 989. The number of hydrogen-bond acceptors (Lipinski definition) is 3. The third-order valence-electron chi connectivity index (χ3n) is 4.96. The molecule has 0 spiro atoms. The second-order valence-electron chi connectivity index (χ2n) is 6.72. The first-order chi connectivity index (χ1) is 13.2. The number of rotatable bonds is 5. The van der Waals surface area contributed by atoms with Crippen LogP contribution in [0.1, 0.15) is 15.9 Å². The molecular formula is C21H21N3O3. The molecule has 0 aliphatic carbocycles. The maximum absolute atomic E-state index is 12.7.